The third-order valence-electron chi connectivity index (χ3n) is 3.46. The van der Waals surface area contributed by atoms with Crippen molar-refractivity contribution in [3.63, 3.8) is 0 Å². The molecular formula is C16H25NO2. The summed E-state index contributed by atoms with van der Waals surface area (Å²) in [6.07, 6.45) is 2.85. The molecule has 0 radical (unpaired) electrons. The van der Waals surface area contributed by atoms with Crippen molar-refractivity contribution in [3.8, 4) is 0 Å². The molecule has 0 spiro atoms. The third-order valence-corrected chi connectivity index (χ3v) is 3.46. The molecule has 1 rings (SSSR count). The molecule has 0 aromatic heterocycles. The smallest absolute Gasteiger partial charge is 0.223 e. The van der Waals surface area contributed by atoms with Crippen molar-refractivity contribution >= 4 is 5.91 Å². The van der Waals surface area contributed by atoms with Crippen LogP contribution in [-0.4, -0.2) is 17.6 Å². The number of aryl methyl sites for hydroxylation is 1. The fourth-order valence-electron chi connectivity index (χ4n) is 2.10. The Kier molecular flexibility index (Phi) is 6.57. The molecule has 2 N–H and O–H groups in total. The highest BCUT2D eigenvalue weighted by Gasteiger charge is 2.17. The van der Waals surface area contributed by atoms with Gasteiger partial charge in [-0.2, -0.15) is 0 Å². The lowest BCUT2D eigenvalue weighted by Gasteiger charge is -2.19. The van der Waals surface area contributed by atoms with Gasteiger partial charge in [-0.15, -0.1) is 0 Å². The lowest BCUT2D eigenvalue weighted by molar-refractivity contribution is -0.125. The molecule has 1 aromatic rings. The number of hydrogen-bond acceptors (Lipinski definition) is 2. The number of nitrogens with one attached hydrogen (secondary N) is 1. The van der Waals surface area contributed by atoms with Crippen LogP contribution >= 0.6 is 0 Å². The van der Waals surface area contributed by atoms with E-state index in [1.165, 1.54) is 5.56 Å². The van der Waals surface area contributed by atoms with Crippen LogP contribution in [0.1, 0.15) is 50.8 Å². The van der Waals surface area contributed by atoms with E-state index in [4.69, 9.17) is 0 Å². The number of aliphatic hydroxyl groups is 1. The predicted octanol–water partition coefficient (Wildman–Crippen LogP) is 2.83. The van der Waals surface area contributed by atoms with Crippen molar-refractivity contribution in [1.29, 1.82) is 0 Å². The quantitative estimate of drug-likeness (QED) is 0.794. The zero-order valence-corrected chi connectivity index (χ0v) is 12.1. The highest BCUT2D eigenvalue weighted by molar-refractivity contribution is 5.78. The number of rotatable bonds is 7. The average Bonchev–Trinajstić information content (AvgIpc) is 2.45. The van der Waals surface area contributed by atoms with E-state index in [1.54, 1.807) is 0 Å². The van der Waals surface area contributed by atoms with E-state index >= 15 is 0 Å². The average molecular weight is 263 g/mol. The molecule has 1 aromatic carbocycles. The molecule has 0 saturated carbocycles. The summed E-state index contributed by atoms with van der Waals surface area (Å²) in [4.78, 5) is 12.0. The first kappa shape index (κ1) is 15.7. The monoisotopic (exact) mass is 263 g/mol. The molecule has 3 heteroatoms. The van der Waals surface area contributed by atoms with Gasteiger partial charge in [0.05, 0.1) is 12.6 Å². The lowest BCUT2D eigenvalue weighted by Crippen LogP contribution is -2.34. The van der Waals surface area contributed by atoms with Crippen LogP contribution in [0.3, 0.4) is 0 Å². The summed E-state index contributed by atoms with van der Waals surface area (Å²) in [5, 5.41) is 12.4. The minimum Gasteiger partial charge on any atom is -0.394 e. The van der Waals surface area contributed by atoms with Crippen LogP contribution in [-0.2, 0) is 11.2 Å². The van der Waals surface area contributed by atoms with Gasteiger partial charge in [0.2, 0.25) is 5.91 Å². The van der Waals surface area contributed by atoms with Crippen molar-refractivity contribution in [2.75, 3.05) is 6.61 Å². The second-order valence-electron chi connectivity index (χ2n) is 5.03. The van der Waals surface area contributed by atoms with E-state index < -0.39 is 0 Å². The molecule has 0 aliphatic carbocycles. The second kappa shape index (κ2) is 7.95. The Hall–Kier alpha value is -1.35. The molecule has 0 heterocycles. The number of benzene rings is 1. The Morgan fingerprint density at radius 2 is 1.89 bits per heavy atom. The Balaban J connectivity index is 2.69. The molecule has 0 aliphatic heterocycles. The van der Waals surface area contributed by atoms with Gasteiger partial charge in [0.25, 0.3) is 0 Å². The van der Waals surface area contributed by atoms with E-state index in [2.05, 4.69) is 19.2 Å². The summed E-state index contributed by atoms with van der Waals surface area (Å²) in [6, 6.07) is 7.73. The second-order valence-corrected chi connectivity index (χ2v) is 5.03. The van der Waals surface area contributed by atoms with E-state index in [0.29, 0.717) is 0 Å². The Morgan fingerprint density at radius 1 is 1.26 bits per heavy atom. The molecule has 2 atom stereocenters. The highest BCUT2D eigenvalue weighted by atomic mass is 16.3. The zero-order valence-electron chi connectivity index (χ0n) is 12.1. The van der Waals surface area contributed by atoms with E-state index in [-0.39, 0.29) is 24.5 Å². The van der Waals surface area contributed by atoms with Gasteiger partial charge in [0, 0.05) is 5.92 Å². The van der Waals surface area contributed by atoms with Crippen molar-refractivity contribution in [3.05, 3.63) is 35.4 Å². The van der Waals surface area contributed by atoms with Gasteiger partial charge in [0.1, 0.15) is 0 Å². The normalized spacial score (nSPS) is 13.9. The number of hydrogen-bond donors (Lipinski definition) is 2. The topological polar surface area (TPSA) is 49.3 Å². The maximum atomic E-state index is 12.0. The van der Waals surface area contributed by atoms with Crippen LogP contribution in [0.15, 0.2) is 24.3 Å². The van der Waals surface area contributed by atoms with Crippen LogP contribution in [0.2, 0.25) is 0 Å². The minimum atomic E-state index is -0.308. The SMILES string of the molecule is CCCC(C)C(=O)NC(CO)c1ccc(CC)cc1. The van der Waals surface area contributed by atoms with Crippen molar-refractivity contribution in [1.82, 2.24) is 5.32 Å². The molecule has 0 bridgehead atoms. The van der Waals surface area contributed by atoms with Gasteiger partial charge in [0.15, 0.2) is 0 Å². The van der Waals surface area contributed by atoms with Gasteiger partial charge in [-0.05, 0) is 24.0 Å². The molecule has 0 saturated heterocycles. The summed E-state index contributed by atoms with van der Waals surface area (Å²) >= 11 is 0. The predicted molar refractivity (Wildman–Crippen MR) is 77.9 cm³/mol. The van der Waals surface area contributed by atoms with Crippen LogP contribution in [0.4, 0.5) is 0 Å². The maximum Gasteiger partial charge on any atom is 0.223 e. The summed E-state index contributed by atoms with van der Waals surface area (Å²) in [6.45, 7) is 6.02. The number of carbonyl (C=O) groups is 1. The van der Waals surface area contributed by atoms with Gasteiger partial charge in [-0.3, -0.25) is 4.79 Å². The van der Waals surface area contributed by atoms with E-state index in [1.807, 2.05) is 31.2 Å². The van der Waals surface area contributed by atoms with Gasteiger partial charge >= 0.3 is 0 Å². The summed E-state index contributed by atoms with van der Waals surface area (Å²) in [7, 11) is 0. The minimum absolute atomic E-state index is 0.00559. The molecule has 3 nitrogen and oxygen atoms in total. The molecule has 1 amide bonds. The third kappa shape index (κ3) is 4.67. The number of carbonyl (C=O) groups excluding carboxylic acids is 1. The van der Waals surface area contributed by atoms with Gasteiger partial charge in [-0.25, -0.2) is 0 Å². The summed E-state index contributed by atoms with van der Waals surface area (Å²) in [5.74, 6) is 0.00873. The first-order chi connectivity index (χ1) is 9.12. The summed E-state index contributed by atoms with van der Waals surface area (Å²) in [5.41, 5.74) is 2.21. The first-order valence-electron chi connectivity index (χ1n) is 7.12. The van der Waals surface area contributed by atoms with Crippen molar-refractivity contribution in [2.45, 2.75) is 46.1 Å². The van der Waals surface area contributed by atoms with Crippen molar-refractivity contribution < 1.29 is 9.90 Å². The highest BCUT2D eigenvalue weighted by Crippen LogP contribution is 2.15. The largest absolute Gasteiger partial charge is 0.394 e. The fourth-order valence-corrected chi connectivity index (χ4v) is 2.10. The van der Waals surface area contributed by atoms with Crippen LogP contribution in [0, 0.1) is 5.92 Å². The van der Waals surface area contributed by atoms with Crippen molar-refractivity contribution in [2.24, 2.45) is 5.92 Å². The van der Waals surface area contributed by atoms with Crippen LogP contribution < -0.4 is 5.32 Å². The zero-order chi connectivity index (χ0) is 14.3. The first-order valence-corrected chi connectivity index (χ1v) is 7.12. The fraction of sp³-hybridized carbons (Fsp3) is 0.562. The Bertz CT molecular complexity index is 386. The van der Waals surface area contributed by atoms with E-state index in [0.717, 1.165) is 24.8 Å². The molecule has 0 fully saturated rings. The lowest BCUT2D eigenvalue weighted by atomic mass is 10.0. The van der Waals surface area contributed by atoms with Gasteiger partial charge in [-0.1, -0.05) is 51.5 Å². The molecule has 19 heavy (non-hydrogen) atoms. The standard InChI is InChI=1S/C16H25NO2/c1-4-6-12(3)16(19)17-15(11-18)14-9-7-13(5-2)8-10-14/h7-10,12,15,18H,4-6,11H2,1-3H3,(H,17,19). The number of aliphatic hydroxyl groups excluding tert-OH is 1. The summed E-state index contributed by atoms with van der Waals surface area (Å²) < 4.78 is 0. The van der Waals surface area contributed by atoms with Gasteiger partial charge < -0.3 is 10.4 Å². The Morgan fingerprint density at radius 3 is 2.37 bits per heavy atom. The van der Waals surface area contributed by atoms with Crippen LogP contribution in [0.25, 0.3) is 0 Å². The van der Waals surface area contributed by atoms with Crippen LogP contribution in [0.5, 0.6) is 0 Å². The Labute approximate surface area is 116 Å². The maximum absolute atomic E-state index is 12.0. The molecule has 0 aliphatic rings. The molecular weight excluding hydrogens is 238 g/mol. The van der Waals surface area contributed by atoms with E-state index in [9.17, 15) is 9.90 Å². The molecule has 106 valence electrons. The number of amides is 1. The molecule has 2 unspecified atom stereocenters.